The van der Waals surface area contributed by atoms with E-state index in [1.807, 2.05) is 19.9 Å². The van der Waals surface area contributed by atoms with Crippen LogP contribution in [-0.4, -0.2) is 46.3 Å². The molecule has 1 aromatic carbocycles. The van der Waals surface area contributed by atoms with E-state index in [0.717, 1.165) is 35.3 Å². The summed E-state index contributed by atoms with van der Waals surface area (Å²) in [7, 11) is -3.50. The molecule has 0 fully saturated rings. The van der Waals surface area contributed by atoms with Gasteiger partial charge in [-0.1, -0.05) is 58.5 Å². The predicted octanol–water partition coefficient (Wildman–Crippen LogP) is 4.13. The minimum Gasteiger partial charge on any atom is -0.302 e. The molecule has 0 radical (unpaired) electrons. The molecule has 150 valence electrons. The summed E-state index contributed by atoms with van der Waals surface area (Å²) >= 11 is 1.69. The summed E-state index contributed by atoms with van der Waals surface area (Å²) in [6.07, 6.45) is 1.06. The van der Waals surface area contributed by atoms with Gasteiger partial charge in [0.1, 0.15) is 0 Å². The molecule has 0 aliphatic carbocycles. The summed E-state index contributed by atoms with van der Waals surface area (Å²) in [5.41, 5.74) is 0.778. The van der Waals surface area contributed by atoms with E-state index in [4.69, 9.17) is 0 Å². The Bertz CT molecular complexity index is 843. The third kappa shape index (κ3) is 5.12. The monoisotopic (exact) mass is 410 g/mol. The maximum absolute atomic E-state index is 12.9. The lowest BCUT2D eigenvalue weighted by atomic mass is 10.2. The molecular formula is C19H30N4O2S2. The summed E-state index contributed by atoms with van der Waals surface area (Å²) in [4.78, 5) is 0.297. The molecule has 0 atom stereocenters. The fraction of sp³-hybridized carbons (Fsp3) is 0.579. The number of aromatic nitrogens is 3. The SMILES string of the molecule is CCCSc1nnc(-c2cccc(S(=O)(=O)N(CC)CC)c2)n1CC(C)C. The van der Waals surface area contributed by atoms with E-state index < -0.39 is 10.0 Å². The van der Waals surface area contributed by atoms with E-state index in [2.05, 4.69) is 35.5 Å². The van der Waals surface area contributed by atoms with Crippen molar-refractivity contribution in [1.82, 2.24) is 19.1 Å². The summed E-state index contributed by atoms with van der Waals surface area (Å²) in [5, 5.41) is 9.63. The number of rotatable bonds is 10. The molecule has 0 saturated carbocycles. The van der Waals surface area contributed by atoms with Crippen LogP contribution in [0.2, 0.25) is 0 Å². The van der Waals surface area contributed by atoms with Crippen molar-refractivity contribution in [2.45, 2.75) is 57.6 Å². The van der Waals surface area contributed by atoms with Gasteiger partial charge < -0.3 is 4.57 Å². The lowest BCUT2D eigenvalue weighted by Crippen LogP contribution is -2.30. The first-order chi connectivity index (χ1) is 12.8. The summed E-state index contributed by atoms with van der Waals surface area (Å²) in [6.45, 7) is 11.8. The molecule has 6 nitrogen and oxygen atoms in total. The van der Waals surface area contributed by atoms with Crippen molar-refractivity contribution < 1.29 is 8.42 Å². The van der Waals surface area contributed by atoms with E-state index in [-0.39, 0.29) is 0 Å². The summed E-state index contributed by atoms with van der Waals surface area (Å²) in [6, 6.07) is 7.03. The average molecular weight is 411 g/mol. The Labute approximate surface area is 167 Å². The van der Waals surface area contributed by atoms with Crippen molar-refractivity contribution in [2.24, 2.45) is 5.92 Å². The Kier molecular flexibility index (Phi) is 7.88. The normalized spacial score (nSPS) is 12.3. The Morgan fingerprint density at radius 2 is 1.85 bits per heavy atom. The standard InChI is InChI=1S/C19H30N4O2S2/c1-6-12-26-19-21-20-18(23(19)14-15(4)5)16-10-9-11-17(13-16)27(24,25)22(7-2)8-3/h9-11,13,15H,6-8,12,14H2,1-5H3. The smallest absolute Gasteiger partial charge is 0.243 e. The molecular weight excluding hydrogens is 380 g/mol. The molecule has 8 heteroatoms. The second-order valence-corrected chi connectivity index (χ2v) is 9.78. The van der Waals surface area contributed by atoms with Crippen LogP contribution in [-0.2, 0) is 16.6 Å². The van der Waals surface area contributed by atoms with Crippen LogP contribution in [0.1, 0.15) is 41.0 Å². The highest BCUT2D eigenvalue weighted by Crippen LogP contribution is 2.28. The van der Waals surface area contributed by atoms with Gasteiger partial charge in [0.2, 0.25) is 10.0 Å². The first-order valence-electron chi connectivity index (χ1n) is 9.51. The van der Waals surface area contributed by atoms with Crippen molar-refractivity contribution in [2.75, 3.05) is 18.8 Å². The minimum absolute atomic E-state index is 0.297. The van der Waals surface area contributed by atoms with E-state index in [0.29, 0.717) is 23.9 Å². The highest BCUT2D eigenvalue weighted by Gasteiger charge is 2.23. The molecule has 0 unspecified atom stereocenters. The van der Waals surface area contributed by atoms with E-state index in [1.165, 1.54) is 4.31 Å². The maximum Gasteiger partial charge on any atom is 0.243 e. The van der Waals surface area contributed by atoms with E-state index in [9.17, 15) is 8.42 Å². The number of thioether (sulfide) groups is 1. The van der Waals surface area contributed by atoms with Crippen molar-refractivity contribution >= 4 is 21.8 Å². The molecule has 0 N–H and O–H groups in total. The van der Waals surface area contributed by atoms with Gasteiger partial charge in [0.15, 0.2) is 11.0 Å². The molecule has 0 amide bonds. The second-order valence-electron chi connectivity index (χ2n) is 6.78. The van der Waals surface area contributed by atoms with Gasteiger partial charge >= 0.3 is 0 Å². The van der Waals surface area contributed by atoms with Gasteiger partial charge in [-0.15, -0.1) is 10.2 Å². The van der Waals surface area contributed by atoms with Gasteiger partial charge in [0, 0.05) is 31.0 Å². The van der Waals surface area contributed by atoms with Crippen LogP contribution in [0.5, 0.6) is 0 Å². The van der Waals surface area contributed by atoms with Crippen molar-refractivity contribution in [3.8, 4) is 11.4 Å². The Morgan fingerprint density at radius 3 is 2.44 bits per heavy atom. The highest BCUT2D eigenvalue weighted by molar-refractivity contribution is 7.99. The fourth-order valence-corrected chi connectivity index (χ4v) is 5.15. The number of hydrogen-bond acceptors (Lipinski definition) is 5. The molecule has 0 bridgehead atoms. The topological polar surface area (TPSA) is 68.1 Å². The first kappa shape index (κ1) is 21.9. The molecule has 2 rings (SSSR count). The van der Waals surface area contributed by atoms with Crippen LogP contribution < -0.4 is 0 Å². The zero-order valence-electron chi connectivity index (χ0n) is 16.8. The first-order valence-corrected chi connectivity index (χ1v) is 11.9. The van der Waals surface area contributed by atoms with Crippen molar-refractivity contribution in [3.05, 3.63) is 24.3 Å². The lowest BCUT2D eigenvalue weighted by molar-refractivity contribution is 0.445. The van der Waals surface area contributed by atoms with Gasteiger partial charge in [-0.25, -0.2) is 8.42 Å². The minimum atomic E-state index is -3.50. The zero-order valence-corrected chi connectivity index (χ0v) is 18.5. The fourth-order valence-electron chi connectivity index (χ4n) is 2.84. The van der Waals surface area contributed by atoms with Crippen LogP contribution in [0.4, 0.5) is 0 Å². The molecule has 0 aliphatic heterocycles. The van der Waals surface area contributed by atoms with Crippen LogP contribution >= 0.6 is 11.8 Å². The summed E-state index contributed by atoms with van der Waals surface area (Å²) < 4.78 is 29.3. The molecule has 27 heavy (non-hydrogen) atoms. The van der Waals surface area contributed by atoms with E-state index in [1.54, 1.807) is 30.0 Å². The highest BCUT2D eigenvalue weighted by atomic mass is 32.2. The van der Waals surface area contributed by atoms with Gasteiger partial charge in [0.05, 0.1) is 4.90 Å². The van der Waals surface area contributed by atoms with E-state index >= 15 is 0 Å². The zero-order chi connectivity index (χ0) is 20.0. The summed E-state index contributed by atoms with van der Waals surface area (Å²) in [5.74, 6) is 2.13. The number of benzene rings is 1. The molecule has 0 saturated heterocycles. The Morgan fingerprint density at radius 1 is 1.15 bits per heavy atom. The molecule has 0 aliphatic rings. The number of hydrogen-bond donors (Lipinski definition) is 0. The van der Waals surface area contributed by atoms with Crippen LogP contribution in [0.15, 0.2) is 34.3 Å². The number of sulfonamides is 1. The lowest BCUT2D eigenvalue weighted by Gasteiger charge is -2.19. The Hall–Kier alpha value is -1.38. The Balaban J connectivity index is 2.49. The van der Waals surface area contributed by atoms with Crippen molar-refractivity contribution in [1.29, 1.82) is 0 Å². The maximum atomic E-state index is 12.9. The average Bonchev–Trinajstić information content (AvgIpc) is 3.02. The second kappa shape index (κ2) is 9.71. The molecule has 0 spiro atoms. The van der Waals surface area contributed by atoms with Gasteiger partial charge in [-0.3, -0.25) is 0 Å². The number of nitrogens with zero attached hydrogens (tertiary/aromatic N) is 4. The quantitative estimate of drug-likeness (QED) is 0.551. The van der Waals surface area contributed by atoms with Gasteiger partial charge in [-0.2, -0.15) is 4.31 Å². The van der Waals surface area contributed by atoms with Crippen LogP contribution in [0.25, 0.3) is 11.4 Å². The predicted molar refractivity (Wildman–Crippen MR) is 111 cm³/mol. The van der Waals surface area contributed by atoms with Crippen molar-refractivity contribution in [3.63, 3.8) is 0 Å². The van der Waals surface area contributed by atoms with Crippen LogP contribution in [0.3, 0.4) is 0 Å². The molecule has 1 heterocycles. The third-order valence-electron chi connectivity index (χ3n) is 4.14. The van der Waals surface area contributed by atoms with Gasteiger partial charge in [0.25, 0.3) is 0 Å². The van der Waals surface area contributed by atoms with Crippen LogP contribution in [0, 0.1) is 5.92 Å². The molecule has 1 aromatic heterocycles. The van der Waals surface area contributed by atoms with Gasteiger partial charge in [-0.05, 0) is 24.5 Å². The largest absolute Gasteiger partial charge is 0.302 e. The third-order valence-corrected chi connectivity index (χ3v) is 7.35. The molecule has 2 aromatic rings.